The van der Waals surface area contributed by atoms with Crippen LogP contribution < -0.4 is 10.7 Å². The van der Waals surface area contributed by atoms with Gasteiger partial charge in [0.05, 0.1) is 47.3 Å². The third kappa shape index (κ3) is 9.85. The lowest BCUT2D eigenvalue weighted by atomic mass is 9.84. The summed E-state index contributed by atoms with van der Waals surface area (Å²) < 4.78 is 14.2. The minimum absolute atomic E-state index is 0.0164. The number of hydrogen-bond acceptors (Lipinski definition) is 12. The van der Waals surface area contributed by atoms with Crippen molar-refractivity contribution in [2.24, 2.45) is 17.3 Å². The molecule has 4 aromatic rings. The van der Waals surface area contributed by atoms with Crippen molar-refractivity contribution in [1.29, 1.82) is 0 Å². The molecule has 0 radical (unpaired) electrons. The second kappa shape index (κ2) is 19.6. The van der Waals surface area contributed by atoms with E-state index in [4.69, 9.17) is 19.4 Å². The van der Waals surface area contributed by atoms with Crippen molar-refractivity contribution in [3.8, 4) is 22.5 Å². The molecule has 5 atom stereocenters. The number of aryl methyl sites for hydroxylation is 1. The van der Waals surface area contributed by atoms with Crippen molar-refractivity contribution in [2.75, 3.05) is 53.6 Å². The summed E-state index contributed by atoms with van der Waals surface area (Å²) in [6, 6.07) is 7.77. The molecule has 1 unspecified atom stereocenters. The molecule has 0 aliphatic carbocycles. The first-order valence-electron chi connectivity index (χ1n) is 22.4. The minimum Gasteiger partial charge on any atom is -0.464 e. The van der Waals surface area contributed by atoms with Crippen LogP contribution in [0.15, 0.2) is 41.9 Å². The molecule has 7 rings (SSSR count). The van der Waals surface area contributed by atoms with Gasteiger partial charge in [-0.2, -0.15) is 0 Å². The van der Waals surface area contributed by atoms with Gasteiger partial charge in [-0.15, -0.1) is 11.3 Å². The minimum atomic E-state index is -1.05. The SMILES string of the molecule is CCn1c(-c2cccnc2[C@H](C)OC)c2c3cc(ccc31)-c1csc(n1)C[C@H](NC(=O)C(C(C)C)N(C)C(=O)[C@H]1CCN(CCO)C1)C(=O)N1CCC[C@H](N1)C(=O)OCC(C)(C)C2. The maximum absolute atomic E-state index is 14.6. The van der Waals surface area contributed by atoms with Crippen LogP contribution >= 0.6 is 11.3 Å². The number of aliphatic hydroxyl groups is 1. The first kappa shape index (κ1) is 46.3. The molecule has 63 heavy (non-hydrogen) atoms. The number of hydrogen-bond donors (Lipinski definition) is 3. The number of aromatic nitrogens is 3. The lowest BCUT2D eigenvalue weighted by Gasteiger charge is -2.37. The summed E-state index contributed by atoms with van der Waals surface area (Å²) in [7, 11) is 3.34. The number of thiazole rings is 1. The number of amides is 3. The van der Waals surface area contributed by atoms with Gasteiger partial charge in [0.2, 0.25) is 11.8 Å². The fourth-order valence-electron chi connectivity index (χ4n) is 9.55. The number of hydrazine groups is 1. The van der Waals surface area contributed by atoms with E-state index in [1.165, 1.54) is 21.2 Å². The second-order valence-corrected chi connectivity index (χ2v) is 19.4. The lowest BCUT2D eigenvalue weighted by Crippen LogP contribution is -2.62. The van der Waals surface area contributed by atoms with Crippen LogP contribution in [0.5, 0.6) is 0 Å². The Kier molecular flexibility index (Phi) is 14.4. The largest absolute Gasteiger partial charge is 0.464 e. The van der Waals surface area contributed by atoms with E-state index in [0.717, 1.165) is 44.7 Å². The number of carbonyl (C=O) groups excluding carboxylic acids is 4. The molecule has 15 nitrogen and oxygen atoms in total. The molecule has 3 aliphatic rings. The van der Waals surface area contributed by atoms with E-state index in [1.807, 2.05) is 32.2 Å². The van der Waals surface area contributed by atoms with Crippen LogP contribution in [0.3, 0.4) is 0 Å². The van der Waals surface area contributed by atoms with Crippen LogP contribution in [0, 0.1) is 17.3 Å². The fraction of sp³-hybridized carbons (Fsp3) is 0.574. The highest BCUT2D eigenvalue weighted by atomic mass is 32.1. The van der Waals surface area contributed by atoms with Crippen molar-refractivity contribution in [3.05, 3.63) is 58.2 Å². The number of nitrogens with zero attached hydrogens (tertiary/aromatic N) is 6. The van der Waals surface area contributed by atoms with Crippen molar-refractivity contribution < 1.29 is 33.8 Å². The van der Waals surface area contributed by atoms with Crippen LogP contribution in [0.2, 0.25) is 0 Å². The smallest absolute Gasteiger partial charge is 0.324 e. The van der Waals surface area contributed by atoms with Gasteiger partial charge < -0.3 is 34.3 Å². The number of pyridine rings is 1. The summed E-state index contributed by atoms with van der Waals surface area (Å²) in [5.41, 5.74) is 9.34. The Labute approximate surface area is 374 Å². The number of cyclic esters (lactones) is 1. The van der Waals surface area contributed by atoms with Crippen molar-refractivity contribution in [2.45, 2.75) is 104 Å². The number of esters is 1. The second-order valence-electron chi connectivity index (χ2n) is 18.4. The number of aliphatic hydroxyl groups excluding tert-OH is 1. The number of carbonyl (C=O) groups is 4. The van der Waals surface area contributed by atoms with Crippen LogP contribution in [-0.4, -0.2) is 130 Å². The van der Waals surface area contributed by atoms with Gasteiger partial charge in [-0.1, -0.05) is 33.8 Å². The summed E-state index contributed by atoms with van der Waals surface area (Å²) in [5.74, 6) is -1.98. The standard InChI is InChI=1S/C47H64N8O7S/c1-9-54-38-15-14-30-22-33(38)34(42(54)32-12-10-17-48-40(32)29(4)61-8)24-47(5,6)27-62-46(60)35-13-11-18-55(51-35)45(59)36(23-39-49-37(30)26-63-39)50-43(57)41(28(2)3)52(7)44(58)31-16-19-53(25-31)20-21-56/h10,12,14-15,17,22,26,28-29,31,35-36,41,51,56H,9,11,13,16,18-21,23-25,27H2,1-8H3,(H,50,57)/t29-,31-,35-,36-,41?/m0/s1. The number of likely N-dealkylation sites (tertiary alicyclic amines) is 1. The normalized spacial score (nSPS) is 21.9. The number of benzene rings is 1. The molecule has 16 heteroatoms. The molecular weight excluding hydrogens is 821 g/mol. The van der Waals surface area contributed by atoms with E-state index in [0.29, 0.717) is 63.4 Å². The van der Waals surface area contributed by atoms with Gasteiger partial charge in [0.15, 0.2) is 0 Å². The van der Waals surface area contributed by atoms with Gasteiger partial charge in [-0.25, -0.2) is 10.4 Å². The third-order valence-corrected chi connectivity index (χ3v) is 13.7. The summed E-state index contributed by atoms with van der Waals surface area (Å²) in [4.78, 5) is 70.1. The topological polar surface area (TPSA) is 171 Å². The Morgan fingerprint density at radius 1 is 1.16 bits per heavy atom. The highest BCUT2D eigenvalue weighted by Gasteiger charge is 2.40. The van der Waals surface area contributed by atoms with Gasteiger partial charge in [-0.05, 0) is 81.8 Å². The fourth-order valence-corrected chi connectivity index (χ4v) is 10.4. The molecule has 0 spiro atoms. The van der Waals surface area contributed by atoms with Crippen molar-refractivity contribution in [1.82, 2.24) is 40.1 Å². The molecule has 6 heterocycles. The van der Waals surface area contributed by atoms with Crippen LogP contribution in [-0.2, 0) is 48.0 Å². The van der Waals surface area contributed by atoms with E-state index in [-0.39, 0.29) is 43.5 Å². The number of β-amino-alcohol motifs (C(OH)–C–C–N with tert-alkyl or cyclic N) is 1. The Balaban J connectivity index is 1.27. The highest BCUT2D eigenvalue weighted by molar-refractivity contribution is 7.10. The molecule has 3 N–H and O–H groups in total. The van der Waals surface area contributed by atoms with Gasteiger partial charge >= 0.3 is 5.97 Å². The van der Waals surface area contributed by atoms with E-state index < -0.39 is 41.3 Å². The van der Waals surface area contributed by atoms with Crippen LogP contribution in [0.4, 0.5) is 0 Å². The average molecular weight is 885 g/mol. The summed E-state index contributed by atoms with van der Waals surface area (Å²) in [6.45, 7) is 15.0. The first-order valence-corrected chi connectivity index (χ1v) is 23.2. The Morgan fingerprint density at radius 3 is 2.68 bits per heavy atom. The summed E-state index contributed by atoms with van der Waals surface area (Å²) in [6.07, 6.45) is 3.91. The quantitative estimate of drug-likeness (QED) is 0.173. The molecule has 2 fully saturated rings. The molecule has 6 bridgehead atoms. The number of methoxy groups -OCH3 is 1. The molecule has 3 aromatic heterocycles. The zero-order valence-corrected chi connectivity index (χ0v) is 38.8. The lowest BCUT2D eigenvalue weighted by molar-refractivity contribution is -0.155. The molecule has 3 aliphatic heterocycles. The molecule has 0 saturated carbocycles. The maximum atomic E-state index is 14.6. The number of likely N-dealkylation sites (N-methyl/N-ethyl adjacent to an activating group) is 1. The highest BCUT2D eigenvalue weighted by Crippen LogP contribution is 2.42. The summed E-state index contributed by atoms with van der Waals surface area (Å²) in [5, 5.41) is 17.6. The zero-order valence-electron chi connectivity index (χ0n) is 38.0. The zero-order chi connectivity index (χ0) is 45.2. The van der Waals surface area contributed by atoms with Gasteiger partial charge in [0, 0.05) is 85.8 Å². The van der Waals surface area contributed by atoms with E-state index in [2.05, 4.69) is 65.2 Å². The van der Waals surface area contributed by atoms with Crippen molar-refractivity contribution >= 4 is 45.9 Å². The molecule has 340 valence electrons. The van der Waals surface area contributed by atoms with Gasteiger partial charge in [0.25, 0.3) is 5.91 Å². The summed E-state index contributed by atoms with van der Waals surface area (Å²) >= 11 is 1.42. The van der Waals surface area contributed by atoms with Gasteiger partial charge in [-0.3, -0.25) is 29.2 Å². The van der Waals surface area contributed by atoms with Crippen molar-refractivity contribution in [3.63, 3.8) is 0 Å². The molecular formula is C47H64N8O7S. The third-order valence-electron chi connectivity index (χ3n) is 12.9. The number of fused-ring (bicyclic) bond motifs is 6. The number of ether oxygens (including phenoxy) is 2. The van der Waals surface area contributed by atoms with Crippen LogP contribution in [0.1, 0.15) is 83.2 Å². The average Bonchev–Trinajstić information content (AvgIpc) is 4.02. The monoisotopic (exact) mass is 884 g/mol. The molecule has 1 aromatic carbocycles. The Bertz CT molecular complexity index is 2310. The molecule has 3 amide bonds. The van der Waals surface area contributed by atoms with E-state index in [9.17, 15) is 24.3 Å². The number of rotatable bonds is 11. The van der Waals surface area contributed by atoms with Crippen LogP contribution in [0.25, 0.3) is 33.4 Å². The van der Waals surface area contributed by atoms with Gasteiger partial charge in [0.1, 0.15) is 18.1 Å². The molecule has 2 saturated heterocycles. The number of nitrogens with one attached hydrogen (secondary N) is 2. The Hall–Kier alpha value is -4.74. The predicted molar refractivity (Wildman–Crippen MR) is 242 cm³/mol. The maximum Gasteiger partial charge on any atom is 0.324 e. The van der Waals surface area contributed by atoms with E-state index >= 15 is 0 Å². The Morgan fingerprint density at radius 2 is 1.95 bits per heavy atom. The van der Waals surface area contributed by atoms with E-state index in [1.54, 1.807) is 20.4 Å². The predicted octanol–water partition coefficient (Wildman–Crippen LogP) is 5.00. The first-order chi connectivity index (χ1) is 30.1.